The van der Waals surface area contributed by atoms with Crippen LogP contribution in [-0.2, 0) is 11.3 Å². The Kier molecular flexibility index (Phi) is 3.87. The van der Waals surface area contributed by atoms with Crippen molar-refractivity contribution in [1.29, 1.82) is 0 Å². The SMILES string of the molecule is C#CCOCc1ccc(OC)cc1. The lowest BCUT2D eigenvalue weighted by atomic mass is 10.2. The molecule has 0 spiro atoms. The summed E-state index contributed by atoms with van der Waals surface area (Å²) in [7, 11) is 1.64. The smallest absolute Gasteiger partial charge is 0.118 e. The van der Waals surface area contributed by atoms with Gasteiger partial charge < -0.3 is 9.47 Å². The molecule has 0 heterocycles. The first-order valence-electron chi connectivity index (χ1n) is 4.01. The summed E-state index contributed by atoms with van der Waals surface area (Å²) >= 11 is 0. The fourth-order valence-electron chi connectivity index (χ4n) is 0.950. The summed E-state index contributed by atoms with van der Waals surface area (Å²) in [5.74, 6) is 3.26. The maximum Gasteiger partial charge on any atom is 0.118 e. The van der Waals surface area contributed by atoms with Crippen LogP contribution in [0.15, 0.2) is 24.3 Å². The molecule has 0 saturated carbocycles. The highest BCUT2D eigenvalue weighted by atomic mass is 16.5. The van der Waals surface area contributed by atoms with Gasteiger partial charge in [-0.15, -0.1) is 6.42 Å². The van der Waals surface area contributed by atoms with Gasteiger partial charge in [0, 0.05) is 0 Å². The molecular weight excluding hydrogens is 164 g/mol. The monoisotopic (exact) mass is 176 g/mol. The zero-order valence-electron chi connectivity index (χ0n) is 7.62. The number of rotatable bonds is 4. The molecule has 0 N–H and O–H groups in total. The number of hydrogen-bond donors (Lipinski definition) is 0. The van der Waals surface area contributed by atoms with Crippen molar-refractivity contribution in [2.75, 3.05) is 13.7 Å². The van der Waals surface area contributed by atoms with Gasteiger partial charge in [-0.2, -0.15) is 0 Å². The third-order valence-electron chi connectivity index (χ3n) is 1.61. The average Bonchev–Trinajstić information content (AvgIpc) is 2.19. The van der Waals surface area contributed by atoms with Gasteiger partial charge in [0.25, 0.3) is 0 Å². The minimum atomic E-state index is 0.353. The Bertz CT molecular complexity index is 282. The summed E-state index contributed by atoms with van der Waals surface area (Å²) in [5, 5.41) is 0. The highest BCUT2D eigenvalue weighted by Crippen LogP contribution is 2.11. The summed E-state index contributed by atoms with van der Waals surface area (Å²) in [5.41, 5.74) is 1.09. The summed E-state index contributed by atoms with van der Waals surface area (Å²) in [6, 6.07) is 7.70. The Labute approximate surface area is 78.5 Å². The highest BCUT2D eigenvalue weighted by molar-refractivity contribution is 5.26. The van der Waals surface area contributed by atoms with Gasteiger partial charge in [0.05, 0.1) is 13.7 Å². The van der Waals surface area contributed by atoms with Crippen molar-refractivity contribution in [3.05, 3.63) is 29.8 Å². The molecule has 0 bridgehead atoms. The van der Waals surface area contributed by atoms with Crippen LogP contribution in [0.25, 0.3) is 0 Å². The second-order valence-electron chi connectivity index (χ2n) is 2.54. The van der Waals surface area contributed by atoms with E-state index in [0.717, 1.165) is 11.3 Å². The van der Waals surface area contributed by atoms with Gasteiger partial charge in [-0.25, -0.2) is 0 Å². The maximum atomic E-state index is 5.17. The van der Waals surface area contributed by atoms with Gasteiger partial charge >= 0.3 is 0 Å². The van der Waals surface area contributed by atoms with Gasteiger partial charge in [0.15, 0.2) is 0 Å². The molecule has 2 heteroatoms. The van der Waals surface area contributed by atoms with Crippen LogP contribution in [-0.4, -0.2) is 13.7 Å². The normalized spacial score (nSPS) is 9.23. The van der Waals surface area contributed by atoms with Gasteiger partial charge in [-0.1, -0.05) is 18.1 Å². The van der Waals surface area contributed by atoms with E-state index in [4.69, 9.17) is 15.9 Å². The number of methoxy groups -OCH3 is 1. The molecule has 0 amide bonds. The molecule has 0 aliphatic heterocycles. The lowest BCUT2D eigenvalue weighted by Gasteiger charge is -2.02. The quantitative estimate of drug-likeness (QED) is 0.515. The van der Waals surface area contributed by atoms with Crippen LogP contribution >= 0.6 is 0 Å². The first kappa shape index (κ1) is 9.63. The summed E-state index contributed by atoms with van der Waals surface area (Å²) in [4.78, 5) is 0. The molecule has 0 atom stereocenters. The Morgan fingerprint density at radius 3 is 2.54 bits per heavy atom. The molecule has 0 aliphatic rings. The van der Waals surface area contributed by atoms with E-state index < -0.39 is 0 Å². The lowest BCUT2D eigenvalue weighted by molar-refractivity contribution is 0.153. The van der Waals surface area contributed by atoms with Crippen LogP contribution in [0.2, 0.25) is 0 Å². The van der Waals surface area contributed by atoms with E-state index in [1.165, 1.54) is 0 Å². The zero-order chi connectivity index (χ0) is 9.52. The fourth-order valence-corrected chi connectivity index (χ4v) is 0.950. The minimum Gasteiger partial charge on any atom is -0.497 e. The summed E-state index contributed by atoms with van der Waals surface area (Å²) < 4.78 is 10.2. The second kappa shape index (κ2) is 5.23. The molecule has 2 nitrogen and oxygen atoms in total. The van der Waals surface area contributed by atoms with Gasteiger partial charge in [0.2, 0.25) is 0 Å². The Hall–Kier alpha value is -1.46. The molecule has 13 heavy (non-hydrogen) atoms. The Morgan fingerprint density at radius 1 is 1.31 bits per heavy atom. The number of terminal acetylenes is 1. The van der Waals surface area contributed by atoms with Crippen LogP contribution < -0.4 is 4.74 Å². The molecule has 0 aliphatic carbocycles. The highest BCUT2D eigenvalue weighted by Gasteiger charge is 1.93. The minimum absolute atomic E-state index is 0.353. The molecular formula is C11H12O2. The average molecular weight is 176 g/mol. The molecule has 0 fully saturated rings. The van der Waals surface area contributed by atoms with E-state index in [2.05, 4.69) is 5.92 Å². The molecule has 1 aromatic carbocycles. The van der Waals surface area contributed by atoms with Gasteiger partial charge in [-0.3, -0.25) is 0 Å². The molecule has 1 rings (SSSR count). The largest absolute Gasteiger partial charge is 0.497 e. The molecule has 0 radical (unpaired) electrons. The molecule has 0 saturated heterocycles. The molecule has 0 unspecified atom stereocenters. The van der Waals surface area contributed by atoms with Crippen LogP contribution in [0.4, 0.5) is 0 Å². The zero-order valence-corrected chi connectivity index (χ0v) is 7.62. The van der Waals surface area contributed by atoms with Crippen molar-refractivity contribution in [2.24, 2.45) is 0 Å². The molecule has 68 valence electrons. The third kappa shape index (κ3) is 3.18. The van der Waals surface area contributed by atoms with Crippen molar-refractivity contribution in [1.82, 2.24) is 0 Å². The van der Waals surface area contributed by atoms with E-state index >= 15 is 0 Å². The molecule has 1 aromatic rings. The predicted molar refractivity (Wildman–Crippen MR) is 51.5 cm³/mol. The standard InChI is InChI=1S/C11H12O2/c1-3-8-13-9-10-4-6-11(12-2)7-5-10/h1,4-7H,8-9H2,2H3. The summed E-state index contributed by atoms with van der Waals surface area (Å²) in [6.45, 7) is 0.903. The van der Waals surface area contributed by atoms with Gasteiger partial charge in [0.1, 0.15) is 12.4 Å². The first-order valence-corrected chi connectivity index (χ1v) is 4.01. The van der Waals surface area contributed by atoms with Crippen molar-refractivity contribution < 1.29 is 9.47 Å². The molecule has 0 aromatic heterocycles. The Balaban J connectivity index is 2.45. The van der Waals surface area contributed by atoms with E-state index in [9.17, 15) is 0 Å². The fraction of sp³-hybridized carbons (Fsp3) is 0.273. The number of ether oxygens (including phenoxy) is 2. The lowest BCUT2D eigenvalue weighted by Crippen LogP contribution is -1.92. The van der Waals surface area contributed by atoms with Gasteiger partial charge in [-0.05, 0) is 17.7 Å². The van der Waals surface area contributed by atoms with Crippen molar-refractivity contribution in [2.45, 2.75) is 6.61 Å². The third-order valence-corrected chi connectivity index (χ3v) is 1.61. The predicted octanol–water partition coefficient (Wildman–Crippen LogP) is 1.84. The van der Waals surface area contributed by atoms with Crippen LogP contribution in [0, 0.1) is 12.3 Å². The van der Waals surface area contributed by atoms with E-state index in [1.54, 1.807) is 7.11 Å². The maximum absolute atomic E-state index is 5.17. The van der Waals surface area contributed by atoms with Crippen LogP contribution in [0.3, 0.4) is 0 Å². The van der Waals surface area contributed by atoms with Crippen molar-refractivity contribution >= 4 is 0 Å². The Morgan fingerprint density at radius 2 is 2.00 bits per heavy atom. The second-order valence-corrected chi connectivity index (χ2v) is 2.54. The van der Waals surface area contributed by atoms with Crippen molar-refractivity contribution in [3.63, 3.8) is 0 Å². The summed E-state index contributed by atoms with van der Waals surface area (Å²) in [6.07, 6.45) is 5.04. The van der Waals surface area contributed by atoms with E-state index in [1.807, 2.05) is 24.3 Å². The van der Waals surface area contributed by atoms with Crippen molar-refractivity contribution in [3.8, 4) is 18.1 Å². The topological polar surface area (TPSA) is 18.5 Å². The van der Waals surface area contributed by atoms with E-state index in [0.29, 0.717) is 13.2 Å². The number of benzene rings is 1. The van der Waals surface area contributed by atoms with E-state index in [-0.39, 0.29) is 0 Å². The van der Waals surface area contributed by atoms with Crippen LogP contribution in [0.1, 0.15) is 5.56 Å². The first-order chi connectivity index (χ1) is 6.36. The number of hydrogen-bond acceptors (Lipinski definition) is 2. The van der Waals surface area contributed by atoms with Crippen LogP contribution in [0.5, 0.6) is 5.75 Å².